The molecule has 0 unspecified atom stereocenters. The molecule has 8 heteroatoms. The van der Waals surface area contributed by atoms with E-state index in [2.05, 4.69) is 10.6 Å². The van der Waals surface area contributed by atoms with Crippen molar-refractivity contribution in [3.8, 4) is 5.75 Å². The summed E-state index contributed by atoms with van der Waals surface area (Å²) in [6.07, 6.45) is -1.34. The maximum atomic E-state index is 12.4. The normalized spacial score (nSPS) is 19.3. The summed E-state index contributed by atoms with van der Waals surface area (Å²) in [6.45, 7) is 1.29. The summed E-state index contributed by atoms with van der Waals surface area (Å²) in [7, 11) is 0. The molecule has 4 rings (SSSR count). The van der Waals surface area contributed by atoms with E-state index in [4.69, 9.17) is 9.47 Å². The number of ketones is 1. The number of hydrogen-bond acceptors (Lipinski definition) is 6. The summed E-state index contributed by atoms with van der Waals surface area (Å²) in [6, 6.07) is 11.7. The third kappa shape index (κ3) is 3.69. The van der Waals surface area contributed by atoms with Crippen LogP contribution in [0.25, 0.3) is 0 Å². The van der Waals surface area contributed by atoms with E-state index in [0.717, 1.165) is 5.56 Å². The number of anilines is 2. The number of para-hydroxylation sites is 2. The number of amides is 2. The Labute approximate surface area is 166 Å². The number of rotatable bonds is 5. The Hall–Kier alpha value is -3.68. The third-order valence-electron chi connectivity index (χ3n) is 4.91. The quantitative estimate of drug-likeness (QED) is 0.594. The first-order valence-electron chi connectivity index (χ1n) is 9.12. The molecule has 0 fully saturated rings. The van der Waals surface area contributed by atoms with Crippen LogP contribution in [0.5, 0.6) is 5.75 Å². The third-order valence-corrected chi connectivity index (χ3v) is 4.91. The molecule has 2 aliphatic rings. The first-order chi connectivity index (χ1) is 13.9. The molecule has 0 aromatic heterocycles. The number of fused-ring (bicyclic) bond motifs is 2. The smallest absolute Gasteiger partial charge is 0.310 e. The SMILES string of the molecule is C[C@@H]1C(=O)Nc2ccc(C(=O)COC(=O)C[C@@H]3Oc4ccccc4NC3=O)cc21. The molecule has 0 radical (unpaired) electrons. The van der Waals surface area contributed by atoms with Crippen molar-refractivity contribution in [3.05, 3.63) is 53.6 Å². The lowest BCUT2D eigenvalue weighted by Crippen LogP contribution is -2.39. The van der Waals surface area contributed by atoms with Crippen molar-refractivity contribution in [2.45, 2.75) is 25.4 Å². The minimum absolute atomic E-state index is 0.122. The van der Waals surface area contributed by atoms with E-state index in [0.29, 0.717) is 22.7 Å². The fourth-order valence-corrected chi connectivity index (χ4v) is 3.26. The number of carbonyl (C=O) groups excluding carboxylic acids is 4. The van der Waals surface area contributed by atoms with Crippen molar-refractivity contribution in [2.75, 3.05) is 17.2 Å². The highest BCUT2D eigenvalue weighted by Crippen LogP contribution is 2.33. The van der Waals surface area contributed by atoms with Gasteiger partial charge in [0, 0.05) is 11.3 Å². The number of Topliss-reactive ketones (excluding diaryl/α,β-unsaturated/α-hetero) is 1. The van der Waals surface area contributed by atoms with Crippen LogP contribution in [-0.4, -0.2) is 36.3 Å². The van der Waals surface area contributed by atoms with Gasteiger partial charge in [-0.25, -0.2) is 0 Å². The fourth-order valence-electron chi connectivity index (χ4n) is 3.26. The molecule has 0 spiro atoms. The van der Waals surface area contributed by atoms with Crippen LogP contribution in [0.3, 0.4) is 0 Å². The minimum Gasteiger partial charge on any atom is -0.478 e. The van der Waals surface area contributed by atoms with Gasteiger partial charge in [-0.15, -0.1) is 0 Å². The number of esters is 1. The van der Waals surface area contributed by atoms with E-state index in [-0.39, 0.29) is 18.2 Å². The van der Waals surface area contributed by atoms with Crippen LogP contribution in [-0.2, 0) is 19.1 Å². The van der Waals surface area contributed by atoms with Gasteiger partial charge in [0.05, 0.1) is 18.0 Å². The average molecular weight is 394 g/mol. The van der Waals surface area contributed by atoms with Gasteiger partial charge in [0.1, 0.15) is 5.75 Å². The van der Waals surface area contributed by atoms with E-state index in [1.165, 1.54) is 0 Å². The molecule has 0 saturated carbocycles. The predicted molar refractivity (Wildman–Crippen MR) is 103 cm³/mol. The van der Waals surface area contributed by atoms with Crippen LogP contribution < -0.4 is 15.4 Å². The highest BCUT2D eigenvalue weighted by molar-refractivity contribution is 6.05. The maximum absolute atomic E-state index is 12.4. The van der Waals surface area contributed by atoms with Crippen molar-refractivity contribution in [1.29, 1.82) is 0 Å². The number of hydrogen-bond donors (Lipinski definition) is 2. The van der Waals surface area contributed by atoms with Crippen molar-refractivity contribution < 1.29 is 28.7 Å². The molecule has 0 saturated heterocycles. The van der Waals surface area contributed by atoms with Gasteiger partial charge in [0.15, 0.2) is 18.5 Å². The van der Waals surface area contributed by atoms with E-state index in [1.807, 2.05) is 0 Å². The number of ether oxygens (including phenoxy) is 2. The number of nitrogens with one attached hydrogen (secondary N) is 2. The highest BCUT2D eigenvalue weighted by atomic mass is 16.5. The Bertz CT molecular complexity index is 1030. The lowest BCUT2D eigenvalue weighted by molar-refractivity contribution is -0.146. The van der Waals surface area contributed by atoms with Crippen LogP contribution >= 0.6 is 0 Å². The van der Waals surface area contributed by atoms with Crippen molar-refractivity contribution in [3.63, 3.8) is 0 Å². The Morgan fingerprint density at radius 2 is 1.79 bits per heavy atom. The van der Waals surface area contributed by atoms with Gasteiger partial charge in [0.25, 0.3) is 5.91 Å². The largest absolute Gasteiger partial charge is 0.478 e. The monoisotopic (exact) mass is 394 g/mol. The Kier molecular flexibility index (Phi) is 4.75. The Balaban J connectivity index is 1.34. The van der Waals surface area contributed by atoms with Crippen molar-refractivity contribution in [2.24, 2.45) is 0 Å². The average Bonchev–Trinajstić information content (AvgIpc) is 3.00. The molecular formula is C21H18N2O6. The summed E-state index contributed by atoms with van der Waals surface area (Å²) in [5.41, 5.74) is 2.30. The molecule has 0 aliphatic carbocycles. The Morgan fingerprint density at radius 1 is 1.03 bits per heavy atom. The van der Waals surface area contributed by atoms with Gasteiger partial charge < -0.3 is 20.1 Å². The van der Waals surface area contributed by atoms with E-state index in [1.54, 1.807) is 49.4 Å². The Morgan fingerprint density at radius 3 is 2.62 bits per heavy atom. The van der Waals surface area contributed by atoms with Gasteiger partial charge in [-0.3, -0.25) is 19.2 Å². The molecule has 8 nitrogen and oxygen atoms in total. The second-order valence-electron chi connectivity index (χ2n) is 6.89. The zero-order valence-electron chi connectivity index (χ0n) is 15.6. The predicted octanol–water partition coefficient (Wildman–Crippen LogP) is 2.26. The summed E-state index contributed by atoms with van der Waals surface area (Å²) in [5, 5.41) is 5.40. The molecule has 0 bridgehead atoms. The van der Waals surface area contributed by atoms with Crippen LogP contribution in [0.1, 0.15) is 35.2 Å². The summed E-state index contributed by atoms with van der Waals surface area (Å²) >= 11 is 0. The number of carbonyl (C=O) groups is 4. The molecule has 2 aliphatic heterocycles. The summed E-state index contributed by atoms with van der Waals surface area (Å²) in [5.74, 6) is -1.56. The highest BCUT2D eigenvalue weighted by Gasteiger charge is 2.31. The second kappa shape index (κ2) is 7.38. The first kappa shape index (κ1) is 18.7. The van der Waals surface area contributed by atoms with Gasteiger partial charge in [-0.1, -0.05) is 12.1 Å². The zero-order valence-corrected chi connectivity index (χ0v) is 15.6. The second-order valence-corrected chi connectivity index (χ2v) is 6.89. The van der Waals surface area contributed by atoms with E-state index < -0.39 is 30.4 Å². The lowest BCUT2D eigenvalue weighted by Gasteiger charge is -2.25. The van der Waals surface area contributed by atoms with E-state index >= 15 is 0 Å². The molecule has 2 atom stereocenters. The molecule has 2 aromatic rings. The van der Waals surface area contributed by atoms with Crippen molar-refractivity contribution in [1.82, 2.24) is 0 Å². The number of benzene rings is 2. The summed E-state index contributed by atoms with van der Waals surface area (Å²) < 4.78 is 10.6. The van der Waals surface area contributed by atoms with Crippen LogP contribution in [0.2, 0.25) is 0 Å². The zero-order chi connectivity index (χ0) is 20.5. The van der Waals surface area contributed by atoms with Crippen molar-refractivity contribution >= 4 is 34.9 Å². The lowest BCUT2D eigenvalue weighted by atomic mass is 9.99. The minimum atomic E-state index is -1.02. The maximum Gasteiger partial charge on any atom is 0.310 e. The molecule has 29 heavy (non-hydrogen) atoms. The van der Waals surface area contributed by atoms with Crippen LogP contribution in [0.4, 0.5) is 11.4 Å². The first-order valence-corrected chi connectivity index (χ1v) is 9.12. The standard InChI is InChI=1S/C21H18N2O6/c1-11-13-8-12(6-7-14(13)22-20(11)26)16(24)10-28-19(25)9-18-21(27)23-15-4-2-3-5-17(15)29-18/h2-8,11,18H,9-10H2,1H3,(H,22,26)(H,23,27)/t11-,18-/m0/s1. The van der Waals surface area contributed by atoms with Gasteiger partial charge in [-0.2, -0.15) is 0 Å². The molecule has 2 heterocycles. The van der Waals surface area contributed by atoms with Gasteiger partial charge >= 0.3 is 5.97 Å². The molecule has 2 aromatic carbocycles. The molecule has 2 amide bonds. The topological polar surface area (TPSA) is 111 Å². The van der Waals surface area contributed by atoms with Gasteiger partial charge in [0.2, 0.25) is 5.91 Å². The molecule has 2 N–H and O–H groups in total. The molecular weight excluding hydrogens is 376 g/mol. The van der Waals surface area contributed by atoms with E-state index in [9.17, 15) is 19.2 Å². The summed E-state index contributed by atoms with van der Waals surface area (Å²) in [4.78, 5) is 48.2. The van der Waals surface area contributed by atoms with Crippen LogP contribution in [0, 0.1) is 0 Å². The van der Waals surface area contributed by atoms with Gasteiger partial charge in [-0.05, 0) is 42.8 Å². The fraction of sp³-hybridized carbons (Fsp3) is 0.238. The molecule has 148 valence electrons. The van der Waals surface area contributed by atoms with Crippen LogP contribution in [0.15, 0.2) is 42.5 Å².